The molecule has 7 nitrogen and oxygen atoms in total. The Morgan fingerprint density at radius 1 is 1.33 bits per heavy atom. The molecule has 1 aromatic heterocycles. The molecule has 8 heteroatoms. The summed E-state index contributed by atoms with van der Waals surface area (Å²) in [6, 6.07) is 7.40. The lowest BCUT2D eigenvalue weighted by Crippen LogP contribution is -2.42. The number of hydrogen-bond donors (Lipinski definition) is 3. The Balaban J connectivity index is 0.000000659. The van der Waals surface area contributed by atoms with Crippen molar-refractivity contribution in [1.29, 1.82) is 0 Å². The van der Waals surface area contributed by atoms with Gasteiger partial charge < -0.3 is 19.9 Å². The minimum absolute atomic E-state index is 0.156. The third kappa shape index (κ3) is 5.22. The number of ether oxygens (including phenoxy) is 1. The lowest BCUT2D eigenvalue weighted by atomic mass is 9.78. The Labute approximate surface area is 162 Å². The molecule has 1 saturated heterocycles. The topological polar surface area (TPSA) is 98.7 Å². The quantitative estimate of drug-likeness (QED) is 0.690. The van der Waals surface area contributed by atoms with Crippen molar-refractivity contribution in [3.8, 4) is 5.75 Å². The predicted molar refractivity (Wildman–Crippen MR) is 101 cm³/mol. The van der Waals surface area contributed by atoms with E-state index in [2.05, 4.69) is 14.9 Å². The van der Waals surface area contributed by atoms with E-state index in [0.29, 0.717) is 16.9 Å². The zero-order valence-corrected chi connectivity index (χ0v) is 15.6. The van der Waals surface area contributed by atoms with Crippen molar-refractivity contribution in [2.24, 2.45) is 11.8 Å². The van der Waals surface area contributed by atoms with Crippen LogP contribution in [0.1, 0.15) is 18.5 Å². The Hall–Kier alpha value is -2.09. The van der Waals surface area contributed by atoms with Crippen molar-refractivity contribution in [2.45, 2.75) is 31.6 Å². The summed E-state index contributed by atoms with van der Waals surface area (Å²) in [5.74, 6) is 1.85. The minimum atomic E-state index is -0.419. The van der Waals surface area contributed by atoms with Crippen LogP contribution in [-0.2, 0) is 11.3 Å². The van der Waals surface area contributed by atoms with Crippen LogP contribution in [0.5, 0.6) is 5.75 Å². The molecule has 146 valence electrons. The number of aliphatic hydroxyl groups excluding tert-OH is 1. The first kappa shape index (κ1) is 19.7. The van der Waals surface area contributed by atoms with Crippen LogP contribution in [-0.4, -0.2) is 56.9 Å². The highest BCUT2D eigenvalue weighted by Crippen LogP contribution is 2.38. The van der Waals surface area contributed by atoms with Crippen LogP contribution in [0.3, 0.4) is 0 Å². The first-order valence-electron chi connectivity index (χ1n) is 8.96. The van der Waals surface area contributed by atoms with E-state index < -0.39 is 6.10 Å². The van der Waals surface area contributed by atoms with Gasteiger partial charge in [-0.1, -0.05) is 17.7 Å². The largest absolute Gasteiger partial charge is 0.488 e. The van der Waals surface area contributed by atoms with E-state index in [9.17, 15) is 5.11 Å². The van der Waals surface area contributed by atoms with Crippen molar-refractivity contribution in [2.75, 3.05) is 13.1 Å². The molecule has 0 bridgehead atoms. The molecular formula is C19H24ClN3O4. The molecule has 0 radical (unpaired) electrons. The smallest absolute Gasteiger partial charge is 0.290 e. The Bertz CT molecular complexity index is 728. The molecule has 1 aliphatic heterocycles. The molecule has 1 saturated carbocycles. The number of aliphatic hydroxyl groups is 1. The molecule has 0 spiro atoms. The number of hydrogen-bond acceptors (Lipinski definition) is 5. The van der Waals surface area contributed by atoms with Gasteiger partial charge in [0.2, 0.25) is 0 Å². The third-order valence-electron chi connectivity index (χ3n) is 5.19. The maximum absolute atomic E-state index is 10.5. The van der Waals surface area contributed by atoms with Crippen LogP contribution in [0, 0.1) is 11.8 Å². The van der Waals surface area contributed by atoms with Gasteiger partial charge in [-0.3, -0.25) is 9.69 Å². The number of halogens is 1. The van der Waals surface area contributed by atoms with E-state index in [1.807, 2.05) is 24.4 Å². The van der Waals surface area contributed by atoms with Gasteiger partial charge in [-0.15, -0.1) is 0 Å². The molecule has 3 N–H and O–H groups in total. The van der Waals surface area contributed by atoms with Gasteiger partial charge in [-0.25, -0.2) is 4.98 Å². The maximum atomic E-state index is 10.5. The number of nitrogens with zero attached hydrogens (tertiary/aromatic N) is 2. The second-order valence-corrected chi connectivity index (χ2v) is 7.49. The van der Waals surface area contributed by atoms with Gasteiger partial charge in [0.05, 0.1) is 12.4 Å². The molecule has 4 atom stereocenters. The number of nitrogens with one attached hydrogen (secondary N) is 1. The first-order valence-corrected chi connectivity index (χ1v) is 9.34. The SMILES string of the molecule is O=CO.O[C@@H]1C[C@H]2CN(Cc3cnc[nH]3)C[C@H]2C[C@H]1Oc1cccc(Cl)c1. The van der Waals surface area contributed by atoms with E-state index >= 15 is 0 Å². The highest BCUT2D eigenvalue weighted by atomic mass is 35.5. The van der Waals surface area contributed by atoms with Crippen molar-refractivity contribution in [3.63, 3.8) is 0 Å². The second kappa shape index (κ2) is 9.21. The van der Waals surface area contributed by atoms with Gasteiger partial charge >= 0.3 is 0 Å². The molecule has 2 aromatic rings. The number of carboxylic acid groups (broad SMARTS) is 1. The molecular weight excluding hydrogens is 370 g/mol. The molecule has 1 aliphatic carbocycles. The molecule has 2 heterocycles. The zero-order chi connectivity index (χ0) is 19.2. The van der Waals surface area contributed by atoms with E-state index in [1.54, 1.807) is 12.4 Å². The fourth-order valence-corrected chi connectivity index (χ4v) is 4.25. The number of imidazole rings is 1. The summed E-state index contributed by atoms with van der Waals surface area (Å²) in [7, 11) is 0. The number of benzene rings is 1. The number of aromatic nitrogens is 2. The Morgan fingerprint density at radius 3 is 2.74 bits per heavy atom. The van der Waals surface area contributed by atoms with Crippen LogP contribution in [0.4, 0.5) is 0 Å². The first-order chi connectivity index (χ1) is 13.1. The lowest BCUT2D eigenvalue weighted by molar-refractivity contribution is -0.122. The molecule has 27 heavy (non-hydrogen) atoms. The van der Waals surface area contributed by atoms with E-state index in [1.165, 1.54) is 0 Å². The standard InChI is InChI=1S/C18H22ClN3O2.CH2O2/c19-14-2-1-3-16(6-14)24-18-5-13-9-22(8-12(13)4-17(18)23)10-15-7-20-11-21-15;2-1-3/h1-3,6-7,11-13,17-18,23H,4-5,8-10H2,(H,20,21);1H,(H,2,3)/t12-,13+,17+,18+;/m0./s1. The molecule has 2 aliphatic rings. The molecule has 4 rings (SSSR count). The number of rotatable bonds is 4. The van der Waals surface area contributed by atoms with Gasteiger partial charge in [0.25, 0.3) is 6.47 Å². The van der Waals surface area contributed by atoms with Crippen LogP contribution >= 0.6 is 11.6 Å². The summed E-state index contributed by atoms with van der Waals surface area (Å²) in [5.41, 5.74) is 1.14. The van der Waals surface area contributed by atoms with Gasteiger partial charge in [0.1, 0.15) is 11.9 Å². The van der Waals surface area contributed by atoms with Crippen LogP contribution in [0.15, 0.2) is 36.8 Å². The van der Waals surface area contributed by atoms with E-state index in [-0.39, 0.29) is 12.6 Å². The normalized spacial score (nSPS) is 27.3. The summed E-state index contributed by atoms with van der Waals surface area (Å²) in [5, 5.41) is 18.0. The van der Waals surface area contributed by atoms with Gasteiger partial charge in [-0.05, 0) is 42.9 Å². The Morgan fingerprint density at radius 2 is 2.07 bits per heavy atom. The van der Waals surface area contributed by atoms with Gasteiger partial charge in [0, 0.05) is 36.5 Å². The fourth-order valence-electron chi connectivity index (χ4n) is 4.07. The summed E-state index contributed by atoms with van der Waals surface area (Å²) in [4.78, 5) is 18.0. The van der Waals surface area contributed by atoms with Crippen LogP contribution in [0.25, 0.3) is 0 Å². The molecule has 0 amide bonds. The number of carbonyl (C=O) groups is 1. The summed E-state index contributed by atoms with van der Waals surface area (Å²) in [6.45, 7) is 2.72. The monoisotopic (exact) mass is 393 g/mol. The molecule has 2 fully saturated rings. The van der Waals surface area contributed by atoms with Crippen molar-refractivity contribution >= 4 is 18.1 Å². The fraction of sp³-hybridized carbons (Fsp3) is 0.474. The van der Waals surface area contributed by atoms with E-state index in [0.717, 1.165) is 43.9 Å². The van der Waals surface area contributed by atoms with Crippen LogP contribution < -0.4 is 4.74 Å². The summed E-state index contributed by atoms with van der Waals surface area (Å²) < 4.78 is 6.03. The summed E-state index contributed by atoms with van der Waals surface area (Å²) >= 11 is 6.02. The number of aromatic amines is 1. The second-order valence-electron chi connectivity index (χ2n) is 7.05. The Kier molecular flexibility index (Phi) is 6.71. The summed E-state index contributed by atoms with van der Waals surface area (Å²) in [6.07, 6.45) is 4.71. The minimum Gasteiger partial charge on any atom is -0.488 e. The highest BCUT2D eigenvalue weighted by Gasteiger charge is 2.42. The number of fused-ring (bicyclic) bond motifs is 1. The molecule has 1 aromatic carbocycles. The number of H-pyrrole nitrogens is 1. The van der Waals surface area contributed by atoms with Crippen LogP contribution in [0.2, 0.25) is 5.02 Å². The van der Waals surface area contributed by atoms with Crippen molar-refractivity contribution in [1.82, 2.24) is 14.9 Å². The lowest BCUT2D eigenvalue weighted by Gasteiger charge is -2.35. The van der Waals surface area contributed by atoms with Gasteiger partial charge in [-0.2, -0.15) is 0 Å². The van der Waals surface area contributed by atoms with E-state index in [4.69, 9.17) is 26.2 Å². The zero-order valence-electron chi connectivity index (χ0n) is 14.9. The predicted octanol–water partition coefficient (Wildman–Crippen LogP) is 2.41. The average Bonchev–Trinajstić information content (AvgIpc) is 3.25. The average molecular weight is 394 g/mol. The van der Waals surface area contributed by atoms with Gasteiger partial charge in [0.15, 0.2) is 0 Å². The maximum Gasteiger partial charge on any atom is 0.290 e. The van der Waals surface area contributed by atoms with Crippen molar-refractivity contribution in [3.05, 3.63) is 47.5 Å². The molecule has 0 unspecified atom stereocenters. The van der Waals surface area contributed by atoms with Crippen molar-refractivity contribution < 1.29 is 19.7 Å². The highest BCUT2D eigenvalue weighted by molar-refractivity contribution is 6.30. The third-order valence-corrected chi connectivity index (χ3v) is 5.43. The number of likely N-dealkylation sites (tertiary alicyclic amines) is 1.